The summed E-state index contributed by atoms with van der Waals surface area (Å²) in [5.74, 6) is -0.173. The van der Waals surface area contributed by atoms with Crippen LogP contribution in [0.3, 0.4) is 0 Å². The fourth-order valence-corrected chi connectivity index (χ4v) is 13.7. The number of rotatable bonds is 24. The number of benzene rings is 6. The minimum atomic E-state index is -4.51. The summed E-state index contributed by atoms with van der Waals surface area (Å²) in [6, 6.07) is 49.8. The van der Waals surface area contributed by atoms with Crippen molar-refractivity contribution in [1.29, 1.82) is 0 Å². The van der Waals surface area contributed by atoms with E-state index in [2.05, 4.69) is 30.2 Å². The molecule has 23 heteroatoms. The van der Waals surface area contributed by atoms with Gasteiger partial charge in [-0.1, -0.05) is 137 Å². The van der Waals surface area contributed by atoms with E-state index in [1.165, 1.54) is 12.7 Å². The molecule has 0 spiro atoms. The smallest absolute Gasteiger partial charge is 0.280 e. The molecule has 2 aliphatic rings. The van der Waals surface area contributed by atoms with Crippen LogP contribution in [0.2, 0.25) is 0 Å². The van der Waals surface area contributed by atoms with Crippen LogP contribution in [0, 0.1) is 17.8 Å². The molecule has 2 fully saturated rings. The van der Waals surface area contributed by atoms with Crippen molar-refractivity contribution in [2.45, 2.75) is 82.2 Å². The van der Waals surface area contributed by atoms with E-state index in [1.807, 2.05) is 172 Å². The fraction of sp³-hybridized carbons (Fsp3) is 0.319. The number of carbonyl (C=O) groups excluding carboxylic acids is 1. The van der Waals surface area contributed by atoms with Crippen molar-refractivity contribution >= 4 is 44.3 Å². The van der Waals surface area contributed by atoms with Crippen LogP contribution in [0.15, 0.2) is 188 Å². The van der Waals surface area contributed by atoms with Gasteiger partial charge in [0.2, 0.25) is 11.9 Å². The first-order chi connectivity index (χ1) is 44.6. The lowest BCUT2D eigenvalue weighted by Gasteiger charge is -2.40. The zero-order valence-corrected chi connectivity index (χ0v) is 52.8. The van der Waals surface area contributed by atoms with E-state index in [1.54, 1.807) is 63.9 Å². The van der Waals surface area contributed by atoms with Gasteiger partial charge in [0.25, 0.3) is 15.7 Å². The van der Waals surface area contributed by atoms with E-state index in [-0.39, 0.29) is 36.0 Å². The Morgan fingerprint density at radius 1 is 0.609 bits per heavy atom. The highest BCUT2D eigenvalue weighted by atomic mass is 32.2. The summed E-state index contributed by atoms with van der Waals surface area (Å²) in [5.41, 5.74) is 2.21. The van der Waals surface area contributed by atoms with Gasteiger partial charge in [0.05, 0.1) is 65.8 Å². The number of nitrogens with one attached hydrogen (secondary N) is 2. The molecule has 0 aliphatic carbocycles. The average Bonchev–Trinajstić information content (AvgIpc) is 1.26. The second-order valence-electron chi connectivity index (χ2n) is 23.1. The summed E-state index contributed by atoms with van der Waals surface area (Å²) < 4.78 is 92.1. The molecule has 6 aromatic carbocycles. The van der Waals surface area contributed by atoms with Crippen LogP contribution in [-0.4, -0.2) is 119 Å². The maximum absolute atomic E-state index is 15.2. The second-order valence-corrected chi connectivity index (χ2v) is 24.8. The fourth-order valence-electron chi connectivity index (χ4n) is 12.5. The van der Waals surface area contributed by atoms with Crippen LogP contribution in [0.25, 0.3) is 22.3 Å². The molecule has 6 heterocycles. The van der Waals surface area contributed by atoms with E-state index < -0.39 is 87.3 Å². The highest BCUT2D eigenvalue weighted by molar-refractivity contribution is 7.86. The number of carbonyl (C=O) groups is 1. The number of nitrogens with zero attached hydrogens (tertiary/aromatic N) is 7. The second kappa shape index (κ2) is 26.5. The monoisotopic (exact) mass is 1270 g/mol. The minimum absolute atomic E-state index is 0.0310. The first kappa shape index (κ1) is 62.8. The van der Waals surface area contributed by atoms with E-state index >= 15 is 8.42 Å². The molecule has 4 aromatic heterocycles. The third-order valence-electron chi connectivity index (χ3n) is 17.4. The Bertz CT molecular complexity index is 4250. The Hall–Kier alpha value is -9.36. The molecule has 22 nitrogen and oxygen atoms in total. The number of fused-ring (bicyclic) bond motifs is 2. The Balaban J connectivity index is 0.917. The molecule has 0 saturated carbocycles. The van der Waals surface area contributed by atoms with E-state index in [0.717, 1.165) is 33.4 Å². The number of aromatic nitrogens is 8. The molecule has 2 aliphatic heterocycles. The van der Waals surface area contributed by atoms with Crippen molar-refractivity contribution in [3.63, 3.8) is 0 Å². The standard InChI is InChI=1S/C69H71N9O13S/c1-42(2)63(79)75-67-74-62-58(64(80)76-67)73-41-78(62)66-60(90-69(46-17-13-10-14-18-46,49-23-31-53(85-7)32-24-49)50-25-33-54(86-8)34-26-50)43(3)56(88-66)35-36-92(81,82)91-59-44(4)65(77-40-72-55-37-70-39-71-61(55)77)89-57(59)38-87-68(45-15-11-9-12-16-45,47-19-27-51(83-5)28-20-47)48-21-29-52(84-6)30-22-48/h9-34,37,39-44,56-57,59-60,65-66H,35-36,38H2,1-8H3,(H2,74,75,76,79,80)/t43-,44-,56-,57-,59+,60-,65-,66-/m1/s1. The molecule has 12 rings (SSSR count). The van der Waals surface area contributed by atoms with Crippen LogP contribution < -0.4 is 29.8 Å². The number of H-pyrrole nitrogens is 1. The van der Waals surface area contributed by atoms with Crippen LogP contribution >= 0.6 is 0 Å². The number of hydrogen-bond donors (Lipinski definition) is 2. The number of ether oxygens (including phenoxy) is 8. The van der Waals surface area contributed by atoms with Crippen LogP contribution in [0.1, 0.15) is 80.0 Å². The highest BCUT2D eigenvalue weighted by Crippen LogP contribution is 2.50. The number of amides is 1. The molecular weight excluding hydrogens is 1190 g/mol. The largest absolute Gasteiger partial charge is 0.497 e. The normalized spacial score (nSPS) is 20.2. The Morgan fingerprint density at radius 3 is 1.63 bits per heavy atom. The van der Waals surface area contributed by atoms with E-state index in [0.29, 0.717) is 34.2 Å². The van der Waals surface area contributed by atoms with Gasteiger partial charge in [-0.3, -0.25) is 33.2 Å². The molecule has 476 valence electrons. The molecule has 8 atom stereocenters. The molecule has 0 unspecified atom stereocenters. The van der Waals surface area contributed by atoms with Crippen molar-refractivity contribution in [2.24, 2.45) is 17.8 Å². The van der Waals surface area contributed by atoms with Gasteiger partial charge in [-0.2, -0.15) is 13.4 Å². The van der Waals surface area contributed by atoms with Gasteiger partial charge in [0.1, 0.15) is 70.6 Å². The van der Waals surface area contributed by atoms with Gasteiger partial charge in [0.15, 0.2) is 23.0 Å². The topological polar surface area (TPSA) is 253 Å². The van der Waals surface area contributed by atoms with Crippen molar-refractivity contribution in [3.05, 3.63) is 227 Å². The lowest BCUT2D eigenvalue weighted by molar-refractivity contribution is -0.118. The van der Waals surface area contributed by atoms with Gasteiger partial charge >= 0.3 is 0 Å². The predicted octanol–water partition coefficient (Wildman–Crippen LogP) is 10.1. The zero-order chi connectivity index (χ0) is 64.3. The van der Waals surface area contributed by atoms with E-state index in [9.17, 15) is 9.59 Å². The number of methoxy groups -OCH3 is 4. The van der Waals surface area contributed by atoms with Crippen molar-refractivity contribution in [1.82, 2.24) is 39.0 Å². The van der Waals surface area contributed by atoms with Crippen LogP contribution in [0.5, 0.6) is 23.0 Å². The van der Waals surface area contributed by atoms with Crippen molar-refractivity contribution < 1.29 is 55.3 Å². The third kappa shape index (κ3) is 12.1. The van der Waals surface area contributed by atoms with Gasteiger partial charge in [-0.25, -0.2) is 19.9 Å². The Kier molecular flexibility index (Phi) is 18.1. The molecule has 92 heavy (non-hydrogen) atoms. The summed E-state index contributed by atoms with van der Waals surface area (Å²) in [4.78, 5) is 52.1. The predicted molar refractivity (Wildman–Crippen MR) is 342 cm³/mol. The summed E-state index contributed by atoms with van der Waals surface area (Å²) in [7, 11) is 1.89. The van der Waals surface area contributed by atoms with Crippen LogP contribution in [-0.2, 0) is 49.2 Å². The Labute approximate surface area is 531 Å². The highest BCUT2D eigenvalue weighted by Gasteiger charge is 2.52. The number of hydrogen-bond acceptors (Lipinski definition) is 18. The number of aromatic amines is 1. The van der Waals surface area contributed by atoms with Gasteiger partial charge < -0.3 is 37.9 Å². The molecule has 2 saturated heterocycles. The van der Waals surface area contributed by atoms with Crippen molar-refractivity contribution in [2.75, 3.05) is 46.1 Å². The molecule has 0 radical (unpaired) electrons. The van der Waals surface area contributed by atoms with Gasteiger partial charge in [-0.15, -0.1) is 0 Å². The molecule has 2 N–H and O–H groups in total. The lowest BCUT2D eigenvalue weighted by Crippen LogP contribution is -2.41. The molecular formula is C69H71N9O13S. The Morgan fingerprint density at radius 2 is 1.10 bits per heavy atom. The number of anilines is 1. The summed E-state index contributed by atoms with van der Waals surface area (Å²) in [5, 5.41) is 2.71. The lowest BCUT2D eigenvalue weighted by atomic mass is 9.79. The maximum atomic E-state index is 15.2. The zero-order valence-electron chi connectivity index (χ0n) is 52.0. The first-order valence-corrected chi connectivity index (χ1v) is 31.8. The molecule has 10 aromatic rings. The summed E-state index contributed by atoms with van der Waals surface area (Å²) in [6.07, 6.45) is 0.0277. The maximum Gasteiger partial charge on any atom is 0.280 e. The average molecular weight is 1270 g/mol. The van der Waals surface area contributed by atoms with E-state index in [4.69, 9.17) is 47.1 Å². The van der Waals surface area contributed by atoms with Gasteiger partial charge in [0, 0.05) is 17.8 Å². The van der Waals surface area contributed by atoms with Crippen molar-refractivity contribution in [3.8, 4) is 23.0 Å². The summed E-state index contributed by atoms with van der Waals surface area (Å²) >= 11 is 0. The minimum Gasteiger partial charge on any atom is -0.497 e. The van der Waals surface area contributed by atoms with Gasteiger partial charge in [-0.05, 0) is 88.3 Å². The third-order valence-corrected chi connectivity index (χ3v) is 18.6. The van der Waals surface area contributed by atoms with Crippen LogP contribution in [0.4, 0.5) is 5.95 Å². The quantitative estimate of drug-likeness (QED) is 0.0421. The molecule has 0 bridgehead atoms. The SMILES string of the molecule is COc1ccc(C(OC[C@H]2O[C@@H](n3cnc4cncnc43)[C@H](C)[C@@H]2OS(=O)(=O)CC[C@H]2O[C@@H](n3cnc4c(=O)[nH]c(NC(=O)C(C)C)nc43)[C@H](OC(c3ccccc3)(c3ccc(OC)cc3)c3ccc(OC)cc3)[C@@H]2C)(c2ccccc2)c2ccc(OC)cc2)cc1. The number of imidazole rings is 2. The summed E-state index contributed by atoms with van der Waals surface area (Å²) in [6.45, 7) is 7.06. The first-order valence-electron chi connectivity index (χ1n) is 30.2. The molecule has 1 amide bonds.